The van der Waals surface area contributed by atoms with Gasteiger partial charge in [0.05, 0.1) is 46.4 Å². The molecule has 2 aliphatic heterocycles. The number of aromatic nitrogens is 2. The maximum atomic E-state index is 15.0. The number of carbonyl (C=O) groups is 4. The number of sulfonamides is 1. The van der Waals surface area contributed by atoms with E-state index in [1.807, 2.05) is 26.0 Å². The predicted octanol–water partition coefficient (Wildman–Crippen LogP) is 4.70. The molecule has 8 rings (SSSR count). The van der Waals surface area contributed by atoms with Gasteiger partial charge in [0.25, 0.3) is 5.56 Å². The minimum atomic E-state index is -3.86. The number of Topliss-reactive ketones (excluding diaryl/α,β-unsaturated/α-hetero) is 1. The highest BCUT2D eigenvalue weighted by Gasteiger charge is 2.62. The third kappa shape index (κ3) is 7.78. The van der Waals surface area contributed by atoms with E-state index < -0.39 is 50.6 Å². The summed E-state index contributed by atoms with van der Waals surface area (Å²) >= 11 is 0. The topological polar surface area (TPSA) is 171 Å². The largest absolute Gasteiger partial charge is 0.471 e. The Morgan fingerprint density at radius 2 is 1.70 bits per heavy atom. The lowest BCUT2D eigenvalue weighted by atomic mass is 9.82. The van der Waals surface area contributed by atoms with E-state index in [2.05, 4.69) is 16.7 Å². The number of ketones is 1. The van der Waals surface area contributed by atoms with Crippen molar-refractivity contribution in [1.29, 1.82) is 0 Å². The molecule has 10 atom stereocenters. The zero-order valence-corrected chi connectivity index (χ0v) is 33.4. The molecule has 1 aromatic heterocycles. The normalized spacial score (nSPS) is 35.1. The molecular formula is C42H54N4O9S. The second-order valence-corrected chi connectivity index (χ2v) is 19.7. The Bertz CT molecular complexity index is 2100. The first kappa shape index (κ1) is 38.8. The number of aryl methyl sites for hydroxylation is 1. The van der Waals surface area contributed by atoms with Crippen LogP contribution in [0, 0.1) is 40.9 Å². The third-order valence-corrected chi connectivity index (χ3v) is 15.3. The van der Waals surface area contributed by atoms with Gasteiger partial charge in [0.15, 0.2) is 5.78 Å². The van der Waals surface area contributed by atoms with Gasteiger partial charge in [-0.3, -0.25) is 28.7 Å². The van der Waals surface area contributed by atoms with Crippen LogP contribution in [0.15, 0.2) is 41.2 Å². The summed E-state index contributed by atoms with van der Waals surface area (Å²) in [5, 5.41) is 4.85. The fraction of sp³-hybridized carbons (Fsp3) is 0.667. The van der Waals surface area contributed by atoms with Crippen LogP contribution in [0.2, 0.25) is 0 Å². The molecule has 3 heterocycles. The van der Waals surface area contributed by atoms with Crippen molar-refractivity contribution >= 4 is 44.4 Å². The number of carbonyl (C=O) groups excluding carboxylic acids is 4. The molecule has 14 heteroatoms. The van der Waals surface area contributed by atoms with Crippen LogP contribution in [0.5, 0.6) is 5.88 Å². The highest BCUT2D eigenvalue weighted by Crippen LogP contribution is 2.57. The van der Waals surface area contributed by atoms with Crippen molar-refractivity contribution in [2.45, 2.75) is 128 Å². The van der Waals surface area contributed by atoms with Crippen LogP contribution in [0.25, 0.3) is 10.8 Å². The van der Waals surface area contributed by atoms with E-state index in [4.69, 9.17) is 9.47 Å². The van der Waals surface area contributed by atoms with Gasteiger partial charge in [0, 0.05) is 19.4 Å². The van der Waals surface area contributed by atoms with Crippen molar-refractivity contribution in [2.24, 2.45) is 40.9 Å². The summed E-state index contributed by atoms with van der Waals surface area (Å²) in [4.78, 5) is 71.7. The van der Waals surface area contributed by atoms with Crippen molar-refractivity contribution in [2.75, 3.05) is 6.54 Å². The van der Waals surface area contributed by atoms with Crippen LogP contribution in [0.1, 0.15) is 97.8 Å². The molecule has 56 heavy (non-hydrogen) atoms. The number of fused-ring (bicyclic) bond motifs is 4. The quantitative estimate of drug-likeness (QED) is 0.278. The minimum Gasteiger partial charge on any atom is -0.471 e. The Morgan fingerprint density at radius 1 is 0.964 bits per heavy atom. The number of hydrogen-bond acceptors (Lipinski definition) is 10. The van der Waals surface area contributed by atoms with Crippen LogP contribution >= 0.6 is 0 Å². The number of esters is 1. The molecule has 1 aromatic carbocycles. The van der Waals surface area contributed by atoms with E-state index in [-0.39, 0.29) is 72.8 Å². The first-order valence-corrected chi connectivity index (χ1v) is 22.2. The number of ether oxygens (including phenoxy) is 2. The fourth-order valence-corrected chi connectivity index (χ4v) is 11.2. The Kier molecular flexibility index (Phi) is 10.4. The molecule has 1 N–H and O–H groups in total. The molecule has 0 bridgehead atoms. The molecule has 13 nitrogen and oxygen atoms in total. The summed E-state index contributed by atoms with van der Waals surface area (Å²) in [6.07, 6.45) is 9.32. The molecule has 6 aliphatic rings. The van der Waals surface area contributed by atoms with E-state index in [9.17, 15) is 32.4 Å². The van der Waals surface area contributed by atoms with Gasteiger partial charge in [0.2, 0.25) is 27.7 Å². The molecule has 2 aromatic rings. The second kappa shape index (κ2) is 15.0. The summed E-state index contributed by atoms with van der Waals surface area (Å²) in [6.45, 7) is 6.26. The molecule has 4 aliphatic carbocycles. The first-order valence-electron chi connectivity index (χ1n) is 20.7. The van der Waals surface area contributed by atoms with Gasteiger partial charge in [-0.25, -0.2) is 13.1 Å². The van der Waals surface area contributed by atoms with Crippen LogP contribution in [-0.4, -0.2) is 76.7 Å². The first-order chi connectivity index (χ1) is 26.8. The number of allylic oxidation sites excluding steroid dienone is 2. The zero-order valence-electron chi connectivity index (χ0n) is 32.6. The highest BCUT2D eigenvalue weighted by molar-refractivity contribution is 7.90. The Morgan fingerprint density at radius 3 is 2.41 bits per heavy atom. The van der Waals surface area contributed by atoms with Gasteiger partial charge in [-0.1, -0.05) is 38.1 Å². The highest BCUT2D eigenvalue weighted by atomic mass is 32.2. The third-order valence-electron chi connectivity index (χ3n) is 13.5. The van der Waals surface area contributed by atoms with Crippen molar-refractivity contribution in [3.05, 3.63) is 46.8 Å². The Hall–Kier alpha value is -4.07. The van der Waals surface area contributed by atoms with Gasteiger partial charge in [0.1, 0.15) is 12.2 Å². The van der Waals surface area contributed by atoms with Crippen LogP contribution < -0.4 is 15.0 Å². The molecule has 0 spiro atoms. The van der Waals surface area contributed by atoms with Gasteiger partial charge in [-0.2, -0.15) is 0 Å². The van der Waals surface area contributed by atoms with Gasteiger partial charge >= 0.3 is 5.97 Å². The van der Waals surface area contributed by atoms with Gasteiger partial charge < -0.3 is 14.4 Å². The van der Waals surface area contributed by atoms with Crippen LogP contribution in [-0.2, 0) is 40.5 Å². The number of hydrogen-bond donors (Lipinski definition) is 1. The molecule has 5 fully saturated rings. The molecule has 1 unspecified atom stereocenters. The maximum Gasteiger partial charge on any atom is 0.306 e. The Labute approximate surface area is 328 Å². The van der Waals surface area contributed by atoms with Gasteiger partial charge in [-0.15, -0.1) is 5.10 Å². The number of benzene rings is 1. The van der Waals surface area contributed by atoms with Crippen LogP contribution in [0.3, 0.4) is 0 Å². The van der Waals surface area contributed by atoms with Crippen LogP contribution in [0.4, 0.5) is 0 Å². The molecule has 0 radical (unpaired) electrons. The van der Waals surface area contributed by atoms with E-state index >= 15 is 0 Å². The minimum absolute atomic E-state index is 0.0227. The molecule has 4 saturated carbocycles. The summed E-state index contributed by atoms with van der Waals surface area (Å²) in [5.41, 5.74) is -1.52. The molecule has 2 amide bonds. The lowest BCUT2D eigenvalue weighted by Crippen LogP contribution is -2.47. The van der Waals surface area contributed by atoms with E-state index in [1.165, 1.54) is 16.0 Å². The lowest BCUT2D eigenvalue weighted by molar-refractivity contribution is -0.155. The van der Waals surface area contributed by atoms with Gasteiger partial charge in [-0.05, 0) is 106 Å². The van der Waals surface area contributed by atoms with E-state index in [0.717, 1.165) is 25.7 Å². The monoisotopic (exact) mass is 790 g/mol. The molecular weight excluding hydrogens is 737 g/mol. The van der Waals surface area contributed by atoms with Crippen molar-refractivity contribution in [3.63, 3.8) is 0 Å². The average molecular weight is 791 g/mol. The summed E-state index contributed by atoms with van der Waals surface area (Å²) < 4.78 is 42.0. The van der Waals surface area contributed by atoms with Crippen molar-refractivity contribution in [1.82, 2.24) is 19.4 Å². The van der Waals surface area contributed by atoms with Crippen molar-refractivity contribution < 1.29 is 37.1 Å². The predicted molar refractivity (Wildman–Crippen MR) is 207 cm³/mol. The van der Waals surface area contributed by atoms with E-state index in [0.29, 0.717) is 54.8 Å². The smallest absolute Gasteiger partial charge is 0.306 e. The second-order valence-electron chi connectivity index (χ2n) is 17.7. The lowest BCUT2D eigenvalue weighted by Gasteiger charge is -2.32. The van der Waals surface area contributed by atoms with Crippen molar-refractivity contribution in [3.8, 4) is 5.88 Å². The summed E-state index contributed by atoms with van der Waals surface area (Å²) in [6, 6.07) is 6.01. The standard InChI is InChI=1S/C42H54N4O9S/c1-4-46-40(50)33-12-8-7-11-32(33)38(43-46)55-30-19-35-36(47)22-42(41(51)44-56(52,53)31-13-14-31)21-28(42)10-6-5-9-24(2)15-25(3)34(39(49)45(35)23-30)20-37(48)54-29-17-26-16-27(26)18-29/h6-8,10-12,24-31,34-35H,4-5,9,13-23H2,1-3H3,(H,44,51)/b10-6-/t24-,25-,26-,27+,28-,29?,30-,34+,35+,42-/m1/s1. The molecule has 1 saturated heterocycles. The van der Waals surface area contributed by atoms with E-state index in [1.54, 1.807) is 24.3 Å². The number of nitrogens with one attached hydrogen (secondary N) is 1. The zero-order chi connectivity index (χ0) is 39.5. The fourth-order valence-electron chi connectivity index (χ4n) is 9.82. The Balaban J connectivity index is 1.11. The summed E-state index contributed by atoms with van der Waals surface area (Å²) in [7, 11) is -3.86. The molecule has 302 valence electrons. The number of rotatable bonds is 9. The number of nitrogens with zero attached hydrogens (tertiary/aromatic N) is 3. The SMILES string of the molecule is CCn1nc(O[C@@H]2C[C@H]3C(=O)C[C@]4(C(=O)NS(=O)(=O)C5CC5)C[C@H]4/C=C\CC[C@@H](C)C[C@@H](C)[C@H](CC(=O)OC4C[C@@H]5C[C@@H]5C4)C(=O)N3C2)c2ccccc2c1=O. The average Bonchev–Trinajstić information content (AvgIpc) is 4.12. The summed E-state index contributed by atoms with van der Waals surface area (Å²) in [5.74, 6) is -1.40. The number of amides is 2. The maximum absolute atomic E-state index is 15.0.